The van der Waals surface area contributed by atoms with Gasteiger partial charge < -0.3 is 9.84 Å². The van der Waals surface area contributed by atoms with E-state index in [0.717, 1.165) is 5.69 Å². The molecule has 0 aliphatic carbocycles. The largest absolute Gasteiger partial charge is 0.481 e. The minimum absolute atomic E-state index is 0.145. The normalized spacial score (nSPS) is 11.1. The lowest BCUT2D eigenvalue weighted by molar-refractivity contribution is 0.0669. The molecule has 2 aromatic rings. The van der Waals surface area contributed by atoms with E-state index in [1.54, 1.807) is 24.4 Å². The zero-order chi connectivity index (χ0) is 13.9. The second-order valence-electron chi connectivity index (χ2n) is 4.63. The number of aromatic carboxylic acids is 1. The van der Waals surface area contributed by atoms with Crippen molar-refractivity contribution in [2.45, 2.75) is 19.4 Å². The summed E-state index contributed by atoms with van der Waals surface area (Å²) in [5.74, 6) is -0.668. The molecule has 2 rings (SSSR count). The number of benzene rings is 1. The fourth-order valence-electron chi connectivity index (χ4n) is 1.78. The van der Waals surface area contributed by atoms with Crippen LogP contribution in [-0.2, 0) is 5.60 Å². The van der Waals surface area contributed by atoms with Crippen molar-refractivity contribution in [1.82, 2.24) is 4.98 Å². The molecule has 4 heteroatoms. The van der Waals surface area contributed by atoms with Gasteiger partial charge in [-0.1, -0.05) is 18.2 Å². The average molecular weight is 257 g/mol. The average Bonchev–Trinajstić information content (AvgIpc) is 2.39. The highest BCUT2D eigenvalue weighted by atomic mass is 16.5. The van der Waals surface area contributed by atoms with Crippen LogP contribution in [0.25, 0.3) is 0 Å². The summed E-state index contributed by atoms with van der Waals surface area (Å²) in [5.41, 5.74) is 0.189. The fraction of sp³-hybridized carbons (Fsp3) is 0.200. The lowest BCUT2D eigenvalue weighted by atomic mass is 10.0. The molecule has 0 fully saturated rings. The van der Waals surface area contributed by atoms with Gasteiger partial charge in [0, 0.05) is 6.20 Å². The Bertz CT molecular complexity index is 579. The summed E-state index contributed by atoms with van der Waals surface area (Å²) in [5, 5.41) is 9.14. The molecular weight excluding hydrogens is 242 g/mol. The van der Waals surface area contributed by atoms with Gasteiger partial charge in [-0.15, -0.1) is 0 Å². The first-order chi connectivity index (χ1) is 9.00. The van der Waals surface area contributed by atoms with E-state index in [1.807, 2.05) is 32.0 Å². The van der Waals surface area contributed by atoms with Crippen LogP contribution in [0, 0.1) is 0 Å². The maximum Gasteiger partial charge on any atom is 0.339 e. The maximum atomic E-state index is 11.1. The zero-order valence-electron chi connectivity index (χ0n) is 10.8. The molecule has 0 saturated heterocycles. The molecule has 0 atom stereocenters. The monoisotopic (exact) mass is 257 g/mol. The third-order valence-corrected chi connectivity index (χ3v) is 2.76. The van der Waals surface area contributed by atoms with E-state index in [1.165, 1.54) is 6.07 Å². The van der Waals surface area contributed by atoms with Crippen LogP contribution < -0.4 is 4.74 Å². The van der Waals surface area contributed by atoms with Gasteiger partial charge in [0.15, 0.2) is 0 Å². The van der Waals surface area contributed by atoms with Crippen molar-refractivity contribution in [3.8, 4) is 5.75 Å². The summed E-state index contributed by atoms with van der Waals surface area (Å²) >= 11 is 0. The molecular formula is C15H15NO3. The number of carboxylic acid groups (broad SMARTS) is 1. The van der Waals surface area contributed by atoms with Gasteiger partial charge in [0.2, 0.25) is 0 Å². The van der Waals surface area contributed by atoms with Crippen molar-refractivity contribution in [1.29, 1.82) is 0 Å². The minimum Gasteiger partial charge on any atom is -0.481 e. The van der Waals surface area contributed by atoms with E-state index in [0.29, 0.717) is 5.75 Å². The van der Waals surface area contributed by atoms with Gasteiger partial charge >= 0.3 is 5.97 Å². The quantitative estimate of drug-likeness (QED) is 0.914. The zero-order valence-corrected chi connectivity index (χ0v) is 10.8. The smallest absolute Gasteiger partial charge is 0.339 e. The molecule has 1 aromatic carbocycles. The summed E-state index contributed by atoms with van der Waals surface area (Å²) in [6.45, 7) is 3.71. The number of aromatic nitrogens is 1. The number of carbonyl (C=O) groups is 1. The molecule has 0 aliphatic heterocycles. The van der Waals surface area contributed by atoms with Crippen molar-refractivity contribution < 1.29 is 14.6 Å². The maximum absolute atomic E-state index is 11.1. The molecule has 0 unspecified atom stereocenters. The minimum atomic E-state index is -1.01. The molecule has 0 spiro atoms. The molecule has 19 heavy (non-hydrogen) atoms. The van der Waals surface area contributed by atoms with Crippen molar-refractivity contribution in [2.75, 3.05) is 0 Å². The molecule has 98 valence electrons. The second kappa shape index (κ2) is 5.10. The molecule has 1 aromatic heterocycles. The molecule has 0 bridgehead atoms. The van der Waals surface area contributed by atoms with E-state index >= 15 is 0 Å². The highest BCUT2D eigenvalue weighted by Crippen LogP contribution is 2.28. The lowest BCUT2D eigenvalue weighted by Crippen LogP contribution is -2.27. The first-order valence-electron chi connectivity index (χ1n) is 5.93. The van der Waals surface area contributed by atoms with Gasteiger partial charge in [-0.2, -0.15) is 0 Å². The second-order valence-corrected chi connectivity index (χ2v) is 4.63. The van der Waals surface area contributed by atoms with E-state index in [-0.39, 0.29) is 5.56 Å². The predicted octanol–water partition coefficient (Wildman–Crippen LogP) is 3.09. The summed E-state index contributed by atoms with van der Waals surface area (Å²) in [4.78, 5) is 15.4. The standard InChI is InChI=1S/C15H15NO3/c1-15(2,13-9-5-6-10-16-13)19-12-8-4-3-7-11(12)14(17)18/h3-10H,1-2H3,(H,17,18). The first-order valence-corrected chi connectivity index (χ1v) is 5.93. The third kappa shape index (κ3) is 2.91. The number of hydrogen-bond donors (Lipinski definition) is 1. The molecule has 0 radical (unpaired) electrons. The fourth-order valence-corrected chi connectivity index (χ4v) is 1.78. The Morgan fingerprint density at radius 2 is 1.84 bits per heavy atom. The highest BCUT2D eigenvalue weighted by molar-refractivity contribution is 5.90. The number of rotatable bonds is 4. The van der Waals surface area contributed by atoms with Crippen molar-refractivity contribution in [3.05, 3.63) is 59.9 Å². The Kier molecular flexibility index (Phi) is 3.51. The third-order valence-electron chi connectivity index (χ3n) is 2.76. The first kappa shape index (κ1) is 13.1. The van der Waals surface area contributed by atoms with E-state index in [4.69, 9.17) is 9.84 Å². The number of ether oxygens (including phenoxy) is 1. The molecule has 0 amide bonds. The van der Waals surface area contributed by atoms with Gasteiger partial charge in [-0.3, -0.25) is 4.98 Å². The van der Waals surface area contributed by atoms with E-state index in [9.17, 15) is 4.79 Å². The predicted molar refractivity (Wildman–Crippen MR) is 71.3 cm³/mol. The van der Waals surface area contributed by atoms with Crippen molar-refractivity contribution in [2.24, 2.45) is 0 Å². The van der Waals surface area contributed by atoms with Crippen LogP contribution in [0.3, 0.4) is 0 Å². The van der Waals surface area contributed by atoms with Crippen LogP contribution in [0.5, 0.6) is 5.75 Å². The molecule has 0 aliphatic rings. The lowest BCUT2D eigenvalue weighted by Gasteiger charge is -2.26. The Morgan fingerprint density at radius 1 is 1.16 bits per heavy atom. The summed E-state index contributed by atoms with van der Waals surface area (Å²) in [7, 11) is 0. The van der Waals surface area contributed by atoms with Gasteiger partial charge in [0.05, 0.1) is 5.69 Å². The molecule has 1 N–H and O–H groups in total. The van der Waals surface area contributed by atoms with Gasteiger partial charge in [-0.05, 0) is 38.1 Å². The van der Waals surface area contributed by atoms with Crippen molar-refractivity contribution in [3.63, 3.8) is 0 Å². The summed E-state index contributed by atoms with van der Waals surface area (Å²) in [6.07, 6.45) is 1.68. The highest BCUT2D eigenvalue weighted by Gasteiger charge is 2.26. The molecule has 1 heterocycles. The number of carboxylic acids is 1. The van der Waals surface area contributed by atoms with Crippen LogP contribution in [0.4, 0.5) is 0 Å². The summed E-state index contributed by atoms with van der Waals surface area (Å²) < 4.78 is 5.84. The van der Waals surface area contributed by atoms with E-state index < -0.39 is 11.6 Å². The van der Waals surface area contributed by atoms with Crippen LogP contribution in [0.2, 0.25) is 0 Å². The van der Waals surface area contributed by atoms with Crippen LogP contribution in [0.15, 0.2) is 48.7 Å². The Balaban J connectivity index is 2.33. The van der Waals surface area contributed by atoms with Crippen LogP contribution in [-0.4, -0.2) is 16.1 Å². The van der Waals surface area contributed by atoms with Gasteiger partial charge in [0.1, 0.15) is 16.9 Å². The topological polar surface area (TPSA) is 59.4 Å². The number of pyridine rings is 1. The Labute approximate surface area is 111 Å². The van der Waals surface area contributed by atoms with Crippen LogP contribution >= 0.6 is 0 Å². The van der Waals surface area contributed by atoms with E-state index in [2.05, 4.69) is 4.98 Å². The number of para-hydroxylation sites is 1. The molecule has 0 saturated carbocycles. The Hall–Kier alpha value is -2.36. The number of hydrogen-bond acceptors (Lipinski definition) is 3. The van der Waals surface area contributed by atoms with Gasteiger partial charge in [0.25, 0.3) is 0 Å². The van der Waals surface area contributed by atoms with Crippen LogP contribution in [0.1, 0.15) is 29.9 Å². The summed E-state index contributed by atoms with van der Waals surface area (Å²) in [6, 6.07) is 12.1. The number of nitrogens with zero attached hydrogens (tertiary/aromatic N) is 1. The van der Waals surface area contributed by atoms with Gasteiger partial charge in [-0.25, -0.2) is 4.79 Å². The van der Waals surface area contributed by atoms with Crippen molar-refractivity contribution >= 4 is 5.97 Å². The molecule has 4 nitrogen and oxygen atoms in total. The SMILES string of the molecule is CC(C)(Oc1ccccc1C(=O)O)c1ccccn1. The Morgan fingerprint density at radius 3 is 2.47 bits per heavy atom.